The molecule has 4 rings (SSSR count). The first kappa shape index (κ1) is 27.2. The number of hydrogen-bond acceptors (Lipinski definition) is 5. The van der Waals surface area contributed by atoms with Crippen molar-refractivity contribution in [3.63, 3.8) is 0 Å². The summed E-state index contributed by atoms with van der Waals surface area (Å²) >= 11 is 0. The minimum atomic E-state index is -0.109. The van der Waals surface area contributed by atoms with E-state index in [1.165, 1.54) is 5.56 Å². The number of pyridine rings is 1. The molecule has 3 N–H and O–H groups in total. The second kappa shape index (κ2) is 14.2. The van der Waals surface area contributed by atoms with Gasteiger partial charge in [-0.05, 0) is 73.0 Å². The van der Waals surface area contributed by atoms with Crippen molar-refractivity contribution in [2.45, 2.75) is 52.2 Å². The van der Waals surface area contributed by atoms with Crippen LogP contribution in [0.5, 0.6) is 0 Å². The highest BCUT2D eigenvalue weighted by atomic mass is 16.1. The van der Waals surface area contributed by atoms with Crippen molar-refractivity contribution in [1.29, 1.82) is 0 Å². The average Bonchev–Trinajstić information content (AvgIpc) is 3.46. The predicted octanol–water partition coefficient (Wildman–Crippen LogP) is 5.75. The van der Waals surface area contributed by atoms with Crippen molar-refractivity contribution in [2.24, 2.45) is 0 Å². The molecule has 1 atom stereocenters. The second-order valence-electron chi connectivity index (χ2n) is 9.58. The molecule has 0 aliphatic heterocycles. The van der Waals surface area contributed by atoms with E-state index in [1.807, 2.05) is 54.9 Å². The summed E-state index contributed by atoms with van der Waals surface area (Å²) in [5.74, 6) is 0.813. The van der Waals surface area contributed by atoms with Crippen molar-refractivity contribution >= 4 is 11.6 Å². The fourth-order valence-electron chi connectivity index (χ4n) is 4.57. The van der Waals surface area contributed by atoms with Gasteiger partial charge in [0.25, 0.3) is 5.91 Å². The van der Waals surface area contributed by atoms with E-state index in [0.717, 1.165) is 61.5 Å². The number of rotatable bonds is 14. The Morgan fingerprint density at radius 1 is 0.947 bits per heavy atom. The molecule has 0 spiro atoms. The Morgan fingerprint density at radius 3 is 2.32 bits per heavy atom. The number of nitrogens with zero attached hydrogens (tertiary/aromatic N) is 3. The number of hydrogen-bond donors (Lipinski definition) is 3. The highest BCUT2D eigenvalue weighted by Gasteiger charge is 2.14. The molecule has 0 aliphatic rings. The summed E-state index contributed by atoms with van der Waals surface area (Å²) in [5.41, 5.74) is 4.91. The highest BCUT2D eigenvalue weighted by molar-refractivity contribution is 6.04. The Balaban J connectivity index is 1.32. The maximum absolute atomic E-state index is 12.8. The van der Waals surface area contributed by atoms with Crippen LogP contribution in [0.1, 0.15) is 65.6 Å². The van der Waals surface area contributed by atoms with Crippen LogP contribution in [0.2, 0.25) is 0 Å². The SMILES string of the molecule is CCCN(CCC)Cc1ccc(NC(=O)c2ccc(CNC(Cc3ncc[nH]3)c3cccnc3)cc2)cc1. The van der Waals surface area contributed by atoms with Gasteiger partial charge in [0.1, 0.15) is 5.82 Å². The second-order valence-corrected chi connectivity index (χ2v) is 9.58. The third kappa shape index (κ3) is 8.10. The monoisotopic (exact) mass is 510 g/mol. The molecular formula is C31H38N6O. The van der Waals surface area contributed by atoms with Gasteiger partial charge in [0.2, 0.25) is 0 Å². The first-order chi connectivity index (χ1) is 18.6. The largest absolute Gasteiger partial charge is 0.349 e. The van der Waals surface area contributed by atoms with Gasteiger partial charge < -0.3 is 15.6 Å². The first-order valence-electron chi connectivity index (χ1n) is 13.5. The van der Waals surface area contributed by atoms with Gasteiger partial charge in [-0.25, -0.2) is 4.98 Å². The van der Waals surface area contributed by atoms with Gasteiger partial charge in [0.15, 0.2) is 0 Å². The molecule has 1 amide bonds. The topological polar surface area (TPSA) is 85.9 Å². The molecule has 0 aliphatic carbocycles. The minimum Gasteiger partial charge on any atom is -0.349 e. The number of carbonyl (C=O) groups is 1. The molecule has 2 heterocycles. The van der Waals surface area contributed by atoms with Gasteiger partial charge in [-0.1, -0.05) is 44.2 Å². The van der Waals surface area contributed by atoms with E-state index in [2.05, 4.69) is 62.5 Å². The molecule has 2 aromatic heterocycles. The van der Waals surface area contributed by atoms with Crippen molar-refractivity contribution in [3.05, 3.63) is 114 Å². The number of amides is 1. The number of carbonyl (C=O) groups excluding carboxylic acids is 1. The van der Waals surface area contributed by atoms with Gasteiger partial charge in [-0.15, -0.1) is 0 Å². The zero-order valence-electron chi connectivity index (χ0n) is 22.4. The predicted molar refractivity (Wildman–Crippen MR) is 153 cm³/mol. The van der Waals surface area contributed by atoms with Crippen molar-refractivity contribution in [2.75, 3.05) is 18.4 Å². The lowest BCUT2D eigenvalue weighted by molar-refractivity contribution is 0.102. The van der Waals surface area contributed by atoms with E-state index in [4.69, 9.17) is 0 Å². The summed E-state index contributed by atoms with van der Waals surface area (Å²) in [6, 6.07) is 20.0. The summed E-state index contributed by atoms with van der Waals surface area (Å²) < 4.78 is 0. The summed E-state index contributed by atoms with van der Waals surface area (Å²) in [6.45, 7) is 8.24. The molecule has 0 radical (unpaired) electrons. The molecule has 0 saturated carbocycles. The van der Waals surface area contributed by atoms with E-state index >= 15 is 0 Å². The van der Waals surface area contributed by atoms with Crippen molar-refractivity contribution in [3.8, 4) is 0 Å². The Morgan fingerprint density at radius 2 is 1.68 bits per heavy atom. The van der Waals surface area contributed by atoms with Gasteiger partial charge >= 0.3 is 0 Å². The lowest BCUT2D eigenvalue weighted by Gasteiger charge is -2.21. The number of H-pyrrole nitrogens is 1. The fraction of sp³-hybridized carbons (Fsp3) is 0.323. The normalized spacial score (nSPS) is 12.0. The third-order valence-electron chi connectivity index (χ3n) is 6.51. The summed E-state index contributed by atoms with van der Waals surface area (Å²) in [7, 11) is 0. The number of nitrogens with one attached hydrogen (secondary N) is 3. The van der Waals surface area contributed by atoms with Crippen LogP contribution < -0.4 is 10.6 Å². The number of anilines is 1. The Hall–Kier alpha value is -3.81. The van der Waals surface area contributed by atoms with Crippen LogP contribution in [0, 0.1) is 0 Å². The van der Waals surface area contributed by atoms with E-state index in [1.54, 1.807) is 12.4 Å². The lowest BCUT2D eigenvalue weighted by Crippen LogP contribution is -2.24. The molecule has 4 aromatic rings. The summed E-state index contributed by atoms with van der Waals surface area (Å²) in [4.78, 5) is 27.1. The van der Waals surface area contributed by atoms with Crippen molar-refractivity contribution in [1.82, 2.24) is 25.2 Å². The van der Waals surface area contributed by atoms with Crippen LogP contribution in [0.25, 0.3) is 0 Å². The zero-order chi connectivity index (χ0) is 26.6. The Labute approximate surface area is 225 Å². The fourth-order valence-corrected chi connectivity index (χ4v) is 4.57. The van der Waals surface area contributed by atoms with Gasteiger partial charge in [-0.2, -0.15) is 0 Å². The summed E-state index contributed by atoms with van der Waals surface area (Å²) in [5, 5.41) is 6.63. The molecular weight excluding hydrogens is 472 g/mol. The Kier molecular flexibility index (Phi) is 10.2. The van der Waals surface area contributed by atoms with Crippen LogP contribution in [-0.2, 0) is 19.5 Å². The quantitative estimate of drug-likeness (QED) is 0.201. The van der Waals surface area contributed by atoms with Gasteiger partial charge in [-0.3, -0.25) is 14.7 Å². The van der Waals surface area contributed by atoms with Crippen molar-refractivity contribution < 1.29 is 4.79 Å². The number of benzene rings is 2. The number of imidazole rings is 1. The van der Waals surface area contributed by atoms with E-state index in [-0.39, 0.29) is 11.9 Å². The van der Waals surface area contributed by atoms with Gasteiger partial charge in [0, 0.05) is 61.6 Å². The summed E-state index contributed by atoms with van der Waals surface area (Å²) in [6.07, 6.45) is 10.3. The van der Waals surface area contributed by atoms with Gasteiger partial charge in [0.05, 0.1) is 0 Å². The molecule has 2 aromatic carbocycles. The molecule has 0 fully saturated rings. The standard InChI is InChI=1S/C31H38N6O/c1-3-18-37(19-4-2)23-25-9-13-28(14-10-25)36-31(38)26-11-7-24(8-12-26)21-35-29(20-30-33-16-17-34-30)27-6-5-15-32-22-27/h5-17,22,29,35H,3-4,18-21,23H2,1-2H3,(H,33,34)(H,36,38). The van der Waals surface area contributed by atoms with E-state index < -0.39 is 0 Å². The maximum Gasteiger partial charge on any atom is 0.255 e. The number of aromatic amines is 1. The third-order valence-corrected chi connectivity index (χ3v) is 6.51. The molecule has 0 bridgehead atoms. The van der Waals surface area contributed by atoms with Crippen LogP contribution in [0.15, 0.2) is 85.5 Å². The Bertz CT molecular complexity index is 1220. The molecule has 38 heavy (non-hydrogen) atoms. The molecule has 198 valence electrons. The smallest absolute Gasteiger partial charge is 0.255 e. The van der Waals surface area contributed by atoms with Crippen LogP contribution in [0.4, 0.5) is 5.69 Å². The van der Waals surface area contributed by atoms with E-state index in [9.17, 15) is 4.79 Å². The van der Waals surface area contributed by atoms with Crippen LogP contribution >= 0.6 is 0 Å². The lowest BCUT2D eigenvalue weighted by atomic mass is 10.0. The van der Waals surface area contributed by atoms with E-state index in [0.29, 0.717) is 12.1 Å². The first-order valence-corrected chi connectivity index (χ1v) is 13.5. The molecule has 1 unspecified atom stereocenters. The maximum atomic E-state index is 12.8. The minimum absolute atomic E-state index is 0.0665. The number of aromatic nitrogens is 3. The van der Waals surface area contributed by atoms with Crippen LogP contribution in [0.3, 0.4) is 0 Å². The van der Waals surface area contributed by atoms with Crippen LogP contribution in [-0.4, -0.2) is 38.8 Å². The zero-order valence-corrected chi connectivity index (χ0v) is 22.4. The molecule has 7 nitrogen and oxygen atoms in total. The highest BCUT2D eigenvalue weighted by Crippen LogP contribution is 2.18. The molecule has 7 heteroatoms. The molecule has 0 saturated heterocycles. The average molecular weight is 511 g/mol.